The summed E-state index contributed by atoms with van der Waals surface area (Å²) in [5.74, 6) is 0.657. The van der Waals surface area contributed by atoms with Crippen molar-refractivity contribution in [3.8, 4) is 11.5 Å². The summed E-state index contributed by atoms with van der Waals surface area (Å²) < 4.78 is 23.1. The quantitative estimate of drug-likeness (QED) is 0.919. The Morgan fingerprint density at radius 2 is 1.95 bits per heavy atom. The van der Waals surface area contributed by atoms with Crippen molar-refractivity contribution in [2.45, 2.75) is 6.10 Å². The highest BCUT2D eigenvalue weighted by Gasteiger charge is 2.17. The van der Waals surface area contributed by atoms with Gasteiger partial charge in [0.2, 0.25) is 0 Å². The van der Waals surface area contributed by atoms with E-state index in [1.807, 2.05) is 0 Å². The molecule has 1 aromatic heterocycles. The van der Waals surface area contributed by atoms with E-state index in [2.05, 4.69) is 4.98 Å². The van der Waals surface area contributed by atoms with Crippen molar-refractivity contribution in [3.05, 3.63) is 53.6 Å². The number of rotatable bonds is 4. The highest BCUT2D eigenvalue weighted by molar-refractivity contribution is 5.44. The molecule has 1 atom stereocenters. The van der Waals surface area contributed by atoms with Gasteiger partial charge in [-0.1, -0.05) is 0 Å². The molecule has 0 radical (unpaired) electrons. The average Bonchev–Trinajstić information content (AvgIpc) is 2.46. The van der Waals surface area contributed by atoms with Gasteiger partial charge in [-0.05, 0) is 30.3 Å². The summed E-state index contributed by atoms with van der Waals surface area (Å²) in [5, 5.41) is 10.3. The Labute approximate surface area is 110 Å². The molecule has 1 heterocycles. The summed E-state index contributed by atoms with van der Waals surface area (Å²) in [4.78, 5) is 3.86. The first kappa shape index (κ1) is 13.3. The summed E-state index contributed by atoms with van der Waals surface area (Å²) in [6.07, 6.45) is 0.0521. The Hall–Kier alpha value is -2.14. The Balaban J connectivity index is 2.41. The number of pyridine rings is 1. The van der Waals surface area contributed by atoms with Crippen LogP contribution in [-0.2, 0) is 0 Å². The van der Waals surface area contributed by atoms with E-state index in [4.69, 9.17) is 9.47 Å². The molecule has 0 aliphatic heterocycles. The van der Waals surface area contributed by atoms with Gasteiger partial charge in [0.25, 0.3) is 0 Å². The number of aliphatic hydroxyl groups is 1. The van der Waals surface area contributed by atoms with Crippen molar-refractivity contribution in [2.24, 2.45) is 0 Å². The summed E-state index contributed by atoms with van der Waals surface area (Å²) in [7, 11) is 3.05. The van der Waals surface area contributed by atoms with Crippen LogP contribution in [0.25, 0.3) is 0 Å². The van der Waals surface area contributed by atoms with Crippen LogP contribution in [0.5, 0.6) is 11.5 Å². The van der Waals surface area contributed by atoms with Crippen LogP contribution in [0, 0.1) is 5.82 Å². The van der Waals surface area contributed by atoms with Crippen molar-refractivity contribution >= 4 is 0 Å². The number of aliphatic hydroxyl groups excluding tert-OH is 1. The Bertz CT molecular complexity index is 557. The van der Waals surface area contributed by atoms with E-state index in [-0.39, 0.29) is 0 Å². The normalized spacial score (nSPS) is 12.0. The van der Waals surface area contributed by atoms with Crippen LogP contribution in [0.15, 0.2) is 36.5 Å². The third kappa shape index (κ3) is 2.82. The number of hydrogen-bond acceptors (Lipinski definition) is 4. The van der Waals surface area contributed by atoms with Gasteiger partial charge in [0.15, 0.2) is 0 Å². The minimum Gasteiger partial charge on any atom is -0.497 e. The van der Waals surface area contributed by atoms with Gasteiger partial charge in [-0.2, -0.15) is 0 Å². The van der Waals surface area contributed by atoms with E-state index in [1.54, 1.807) is 18.2 Å². The first-order valence-electron chi connectivity index (χ1n) is 5.67. The smallest absolute Gasteiger partial charge is 0.141 e. The molecule has 100 valence electrons. The molecule has 1 N–H and O–H groups in total. The van der Waals surface area contributed by atoms with Gasteiger partial charge < -0.3 is 14.6 Å². The maximum absolute atomic E-state index is 12.8. The predicted octanol–water partition coefficient (Wildman–Crippen LogP) is 2.32. The molecule has 1 unspecified atom stereocenters. The van der Waals surface area contributed by atoms with Crippen LogP contribution >= 0.6 is 0 Å². The van der Waals surface area contributed by atoms with Crippen molar-refractivity contribution in [3.63, 3.8) is 0 Å². The number of nitrogens with zero attached hydrogens (tertiary/aromatic N) is 1. The molecule has 0 fully saturated rings. The fourth-order valence-corrected chi connectivity index (χ4v) is 1.76. The maximum Gasteiger partial charge on any atom is 0.141 e. The molecule has 0 spiro atoms. The first-order chi connectivity index (χ1) is 9.15. The molecule has 5 heteroatoms. The molecule has 19 heavy (non-hydrogen) atoms. The summed E-state index contributed by atoms with van der Waals surface area (Å²) in [6, 6.07) is 7.76. The fraction of sp³-hybridized carbons (Fsp3) is 0.214. The molecule has 2 aromatic rings. The molecule has 0 saturated carbocycles. The highest BCUT2D eigenvalue weighted by atomic mass is 19.1. The average molecular weight is 263 g/mol. The second-order valence-corrected chi connectivity index (χ2v) is 3.91. The Morgan fingerprint density at radius 1 is 1.16 bits per heavy atom. The van der Waals surface area contributed by atoms with Crippen LogP contribution in [-0.4, -0.2) is 24.3 Å². The number of aromatic nitrogens is 1. The van der Waals surface area contributed by atoms with Gasteiger partial charge >= 0.3 is 0 Å². The monoisotopic (exact) mass is 263 g/mol. The van der Waals surface area contributed by atoms with E-state index >= 15 is 0 Å². The summed E-state index contributed by atoms with van der Waals surface area (Å²) in [5.41, 5.74) is 0.855. The number of benzene rings is 1. The second-order valence-electron chi connectivity index (χ2n) is 3.91. The molecule has 0 amide bonds. The minimum atomic E-state index is -1.01. The van der Waals surface area contributed by atoms with Crippen molar-refractivity contribution in [1.82, 2.24) is 4.98 Å². The molecule has 2 rings (SSSR count). The highest BCUT2D eigenvalue weighted by Crippen LogP contribution is 2.32. The van der Waals surface area contributed by atoms with E-state index < -0.39 is 11.9 Å². The first-order valence-corrected chi connectivity index (χ1v) is 5.67. The van der Waals surface area contributed by atoms with Gasteiger partial charge in [0, 0.05) is 5.56 Å². The maximum atomic E-state index is 12.8. The predicted molar refractivity (Wildman–Crippen MR) is 67.8 cm³/mol. The van der Waals surface area contributed by atoms with Crippen molar-refractivity contribution in [1.29, 1.82) is 0 Å². The van der Waals surface area contributed by atoms with E-state index in [0.29, 0.717) is 22.8 Å². The molecular weight excluding hydrogens is 249 g/mol. The van der Waals surface area contributed by atoms with Crippen LogP contribution < -0.4 is 9.47 Å². The molecule has 0 bridgehead atoms. The zero-order chi connectivity index (χ0) is 13.8. The Morgan fingerprint density at radius 3 is 2.53 bits per heavy atom. The lowest BCUT2D eigenvalue weighted by Crippen LogP contribution is -2.05. The molecule has 1 aromatic carbocycles. The van der Waals surface area contributed by atoms with E-state index in [0.717, 1.165) is 6.20 Å². The third-order valence-electron chi connectivity index (χ3n) is 2.76. The van der Waals surface area contributed by atoms with Gasteiger partial charge in [0.1, 0.15) is 23.4 Å². The standard InChI is InChI=1S/C14H14FNO3/c1-18-10-4-6-13(19-2)11(7-10)14(17)12-5-3-9(15)8-16-12/h3-8,14,17H,1-2H3. The molecular formula is C14H14FNO3. The van der Waals surface area contributed by atoms with Gasteiger partial charge in [-0.25, -0.2) is 4.39 Å². The zero-order valence-corrected chi connectivity index (χ0v) is 10.6. The molecule has 0 aliphatic carbocycles. The van der Waals surface area contributed by atoms with Gasteiger partial charge in [-0.15, -0.1) is 0 Å². The number of halogens is 1. The van der Waals surface area contributed by atoms with Crippen LogP contribution in [0.4, 0.5) is 4.39 Å². The van der Waals surface area contributed by atoms with Gasteiger partial charge in [-0.3, -0.25) is 4.98 Å². The summed E-state index contributed by atoms with van der Waals surface area (Å²) in [6.45, 7) is 0. The lowest BCUT2D eigenvalue weighted by atomic mass is 10.0. The van der Waals surface area contributed by atoms with Crippen LogP contribution in [0.1, 0.15) is 17.4 Å². The SMILES string of the molecule is COc1ccc(OC)c(C(O)c2ccc(F)cn2)c1. The topological polar surface area (TPSA) is 51.6 Å². The number of ether oxygens (including phenoxy) is 2. The lowest BCUT2D eigenvalue weighted by molar-refractivity contribution is 0.209. The van der Waals surface area contributed by atoms with Crippen LogP contribution in [0.2, 0.25) is 0 Å². The lowest BCUT2D eigenvalue weighted by Gasteiger charge is -2.15. The largest absolute Gasteiger partial charge is 0.497 e. The molecule has 0 aliphatic rings. The van der Waals surface area contributed by atoms with Crippen molar-refractivity contribution in [2.75, 3.05) is 14.2 Å². The molecule has 0 saturated heterocycles. The van der Waals surface area contributed by atoms with Gasteiger partial charge in [0.05, 0.1) is 26.1 Å². The number of hydrogen-bond donors (Lipinski definition) is 1. The Kier molecular flexibility index (Phi) is 3.97. The van der Waals surface area contributed by atoms with E-state index in [1.165, 1.54) is 26.4 Å². The number of methoxy groups -OCH3 is 2. The van der Waals surface area contributed by atoms with E-state index in [9.17, 15) is 9.50 Å². The fourth-order valence-electron chi connectivity index (χ4n) is 1.76. The summed E-state index contributed by atoms with van der Waals surface area (Å²) >= 11 is 0. The van der Waals surface area contributed by atoms with Crippen LogP contribution in [0.3, 0.4) is 0 Å². The molecule has 4 nitrogen and oxygen atoms in total. The third-order valence-corrected chi connectivity index (χ3v) is 2.76. The minimum absolute atomic E-state index is 0.341. The zero-order valence-electron chi connectivity index (χ0n) is 10.6. The second kappa shape index (κ2) is 5.67. The van der Waals surface area contributed by atoms with Crippen molar-refractivity contribution < 1.29 is 19.0 Å².